The highest BCUT2D eigenvalue weighted by Crippen LogP contribution is 2.26. The van der Waals surface area contributed by atoms with Gasteiger partial charge >= 0.3 is 5.97 Å². The highest BCUT2D eigenvalue weighted by Gasteiger charge is 2.12. The summed E-state index contributed by atoms with van der Waals surface area (Å²) in [6.07, 6.45) is 6.07. The maximum atomic E-state index is 11.6. The zero-order chi connectivity index (χ0) is 16.5. The molecule has 8 heteroatoms. The maximum absolute atomic E-state index is 11.6. The number of ether oxygens (including phenoxy) is 1. The van der Waals surface area contributed by atoms with Gasteiger partial charge in [0.05, 0.1) is 10.6 Å². The molecule has 0 aliphatic carbocycles. The lowest BCUT2D eigenvalue weighted by atomic mass is 10.3. The molecule has 1 aromatic rings. The van der Waals surface area contributed by atoms with Gasteiger partial charge in [0, 0.05) is 22.7 Å². The molecule has 0 aliphatic rings. The Morgan fingerprint density at radius 2 is 2.14 bits per heavy atom. The topological polar surface area (TPSA) is 98.5 Å². The summed E-state index contributed by atoms with van der Waals surface area (Å²) in [5.41, 5.74) is 0.238. The molecule has 0 heterocycles. The Kier molecular flexibility index (Phi) is 6.97. The molecule has 0 bridgehead atoms. The maximum Gasteiger partial charge on any atom is 0.331 e. The number of hydrogen-bond acceptors (Lipinski definition) is 5. The molecule has 0 aromatic heterocycles. The Morgan fingerprint density at radius 3 is 2.73 bits per heavy atom. The van der Waals surface area contributed by atoms with Crippen molar-refractivity contribution in [3.8, 4) is 0 Å². The van der Waals surface area contributed by atoms with Crippen molar-refractivity contribution in [2.45, 2.75) is 6.92 Å². The van der Waals surface area contributed by atoms with E-state index in [2.05, 4.69) is 21.2 Å². The minimum atomic E-state index is -0.643. The van der Waals surface area contributed by atoms with Gasteiger partial charge < -0.3 is 10.1 Å². The number of allylic oxidation sites excluding steroid dienone is 3. The molecule has 0 radical (unpaired) electrons. The average Bonchev–Trinajstić information content (AvgIpc) is 2.47. The first-order valence-electron chi connectivity index (χ1n) is 6.14. The Labute approximate surface area is 134 Å². The third-order valence-corrected chi connectivity index (χ3v) is 2.98. The van der Waals surface area contributed by atoms with Crippen molar-refractivity contribution in [1.82, 2.24) is 0 Å². The van der Waals surface area contributed by atoms with Gasteiger partial charge in [0.25, 0.3) is 11.6 Å². The number of non-ortho nitro benzene ring substituents is 1. The number of nitrogens with zero attached hydrogens (tertiary/aromatic N) is 1. The van der Waals surface area contributed by atoms with Gasteiger partial charge in [-0.2, -0.15) is 0 Å². The average molecular weight is 369 g/mol. The molecule has 7 nitrogen and oxygen atoms in total. The van der Waals surface area contributed by atoms with E-state index in [1.54, 1.807) is 19.1 Å². The van der Waals surface area contributed by atoms with Crippen molar-refractivity contribution in [1.29, 1.82) is 0 Å². The number of carbonyl (C=O) groups excluding carboxylic acids is 2. The molecular weight excluding hydrogens is 356 g/mol. The number of nitrogens with one attached hydrogen (secondary N) is 1. The van der Waals surface area contributed by atoms with Gasteiger partial charge in [-0.15, -0.1) is 0 Å². The second-order valence-corrected chi connectivity index (χ2v) is 4.82. The van der Waals surface area contributed by atoms with Gasteiger partial charge in [0.2, 0.25) is 0 Å². The minimum Gasteiger partial charge on any atom is -0.452 e. The molecule has 0 saturated heterocycles. The van der Waals surface area contributed by atoms with Crippen LogP contribution >= 0.6 is 15.9 Å². The highest BCUT2D eigenvalue weighted by molar-refractivity contribution is 9.10. The third kappa shape index (κ3) is 5.88. The molecule has 0 aliphatic heterocycles. The van der Waals surface area contributed by atoms with Gasteiger partial charge in [-0.25, -0.2) is 4.79 Å². The zero-order valence-corrected chi connectivity index (χ0v) is 13.2. The first-order valence-corrected chi connectivity index (χ1v) is 6.93. The number of anilines is 1. The van der Waals surface area contributed by atoms with E-state index < -0.39 is 23.4 Å². The summed E-state index contributed by atoms with van der Waals surface area (Å²) >= 11 is 3.12. The van der Waals surface area contributed by atoms with E-state index in [1.807, 2.05) is 0 Å². The van der Waals surface area contributed by atoms with Gasteiger partial charge in [-0.3, -0.25) is 14.9 Å². The van der Waals surface area contributed by atoms with Crippen LogP contribution in [-0.4, -0.2) is 23.4 Å². The molecule has 0 spiro atoms. The first-order chi connectivity index (χ1) is 10.4. The van der Waals surface area contributed by atoms with Gasteiger partial charge in [0.1, 0.15) is 0 Å². The van der Waals surface area contributed by atoms with Crippen LogP contribution in [0.15, 0.2) is 47.0 Å². The lowest BCUT2D eigenvalue weighted by Crippen LogP contribution is -2.20. The summed E-state index contributed by atoms with van der Waals surface area (Å²) in [4.78, 5) is 32.9. The van der Waals surface area contributed by atoms with Gasteiger partial charge in [-0.05, 0) is 28.9 Å². The fourth-order valence-electron chi connectivity index (χ4n) is 1.34. The van der Waals surface area contributed by atoms with Crippen molar-refractivity contribution in [3.63, 3.8) is 0 Å². The van der Waals surface area contributed by atoms with E-state index in [1.165, 1.54) is 30.4 Å². The quantitative estimate of drug-likeness (QED) is 0.273. The molecule has 0 saturated carbocycles. The molecule has 116 valence electrons. The summed E-state index contributed by atoms with van der Waals surface area (Å²) in [6.45, 7) is 1.34. The predicted molar refractivity (Wildman–Crippen MR) is 84.3 cm³/mol. The Hall–Kier alpha value is -2.48. The molecule has 1 N–H and O–H groups in total. The van der Waals surface area contributed by atoms with Crippen molar-refractivity contribution in [2.24, 2.45) is 0 Å². The first kappa shape index (κ1) is 17.6. The standard InChI is InChI=1S/C14H13BrN2O5/c1-2-3-4-5-14(19)22-9-13(18)16-12-7-6-10(17(20)21)8-11(12)15/h2-8H,9H2,1H3,(H,16,18). The normalized spacial score (nSPS) is 10.8. The lowest BCUT2D eigenvalue weighted by Gasteiger charge is -2.07. The molecular formula is C14H13BrN2O5. The number of amides is 1. The number of halogens is 1. The number of nitro groups is 1. The van der Waals surface area contributed by atoms with Crippen LogP contribution in [0.1, 0.15) is 6.92 Å². The molecule has 1 rings (SSSR count). The molecule has 0 fully saturated rings. The van der Waals surface area contributed by atoms with Crippen LogP contribution in [0.3, 0.4) is 0 Å². The highest BCUT2D eigenvalue weighted by atomic mass is 79.9. The van der Waals surface area contributed by atoms with Crippen LogP contribution in [0.4, 0.5) is 11.4 Å². The number of nitro benzene ring substituents is 1. The number of rotatable bonds is 6. The number of esters is 1. The smallest absolute Gasteiger partial charge is 0.331 e. The number of carbonyl (C=O) groups is 2. The molecule has 1 aromatic carbocycles. The van der Waals surface area contributed by atoms with Crippen molar-refractivity contribution < 1.29 is 19.2 Å². The lowest BCUT2D eigenvalue weighted by molar-refractivity contribution is -0.384. The number of benzene rings is 1. The van der Waals surface area contributed by atoms with Crippen LogP contribution < -0.4 is 5.32 Å². The fourth-order valence-corrected chi connectivity index (χ4v) is 1.80. The van der Waals surface area contributed by atoms with Gasteiger partial charge in [-0.1, -0.05) is 18.2 Å². The van der Waals surface area contributed by atoms with Crippen LogP contribution in [0.5, 0.6) is 0 Å². The SMILES string of the molecule is CC=CC=CC(=O)OCC(=O)Nc1ccc([N+](=O)[O-])cc1Br. The number of hydrogen-bond donors (Lipinski definition) is 1. The van der Waals surface area contributed by atoms with Crippen molar-refractivity contribution >= 4 is 39.2 Å². The van der Waals surface area contributed by atoms with Crippen LogP contribution in [0, 0.1) is 10.1 Å². The summed E-state index contributed by atoms with van der Waals surface area (Å²) in [6, 6.07) is 3.90. The Bertz CT molecular complexity index is 640. The molecule has 1 amide bonds. The molecule has 22 heavy (non-hydrogen) atoms. The summed E-state index contributed by atoms with van der Waals surface area (Å²) in [5, 5.41) is 13.1. The minimum absolute atomic E-state index is 0.106. The van der Waals surface area contributed by atoms with Crippen molar-refractivity contribution in [3.05, 3.63) is 57.1 Å². The van der Waals surface area contributed by atoms with Crippen molar-refractivity contribution in [2.75, 3.05) is 11.9 Å². The Balaban J connectivity index is 2.55. The van der Waals surface area contributed by atoms with Gasteiger partial charge in [0.15, 0.2) is 6.61 Å². The van der Waals surface area contributed by atoms with E-state index in [0.29, 0.717) is 10.2 Å². The summed E-state index contributed by atoms with van der Waals surface area (Å²) in [5.74, 6) is -1.20. The largest absolute Gasteiger partial charge is 0.452 e. The molecule has 0 unspecified atom stereocenters. The van der Waals surface area contributed by atoms with E-state index in [0.717, 1.165) is 0 Å². The monoisotopic (exact) mass is 368 g/mol. The van der Waals surface area contributed by atoms with E-state index in [-0.39, 0.29) is 5.69 Å². The van der Waals surface area contributed by atoms with E-state index in [9.17, 15) is 19.7 Å². The van der Waals surface area contributed by atoms with Crippen LogP contribution in [-0.2, 0) is 14.3 Å². The third-order valence-electron chi connectivity index (χ3n) is 2.32. The second-order valence-electron chi connectivity index (χ2n) is 3.96. The predicted octanol–water partition coefficient (Wildman–Crippen LogP) is 2.97. The van der Waals surface area contributed by atoms with Crippen LogP contribution in [0.2, 0.25) is 0 Å². The van der Waals surface area contributed by atoms with E-state index >= 15 is 0 Å². The summed E-state index contributed by atoms with van der Waals surface area (Å²) < 4.78 is 5.09. The van der Waals surface area contributed by atoms with E-state index in [4.69, 9.17) is 4.74 Å². The van der Waals surface area contributed by atoms with Crippen LogP contribution in [0.25, 0.3) is 0 Å². The second kappa shape index (κ2) is 8.73. The Morgan fingerprint density at radius 1 is 1.41 bits per heavy atom. The molecule has 0 atom stereocenters. The summed E-state index contributed by atoms with van der Waals surface area (Å²) in [7, 11) is 0. The fraction of sp³-hybridized carbons (Fsp3) is 0.143. The zero-order valence-electron chi connectivity index (χ0n) is 11.6.